The second-order valence-corrected chi connectivity index (χ2v) is 7.80. The summed E-state index contributed by atoms with van der Waals surface area (Å²) in [7, 11) is -3.44. The molecule has 0 N–H and O–H groups in total. The minimum absolute atomic E-state index is 0.0373. The number of rotatable bonds is 6. The maximum absolute atomic E-state index is 12.8. The molecule has 0 saturated carbocycles. The van der Waals surface area contributed by atoms with Crippen LogP contribution >= 0.6 is 0 Å². The normalized spacial score (nSPS) is 18.7. The summed E-state index contributed by atoms with van der Waals surface area (Å²) in [6, 6.07) is 5.20. The van der Waals surface area contributed by atoms with Gasteiger partial charge in [0, 0.05) is 29.4 Å². The minimum atomic E-state index is -4.70. The van der Waals surface area contributed by atoms with E-state index in [0.717, 1.165) is 11.5 Å². The van der Waals surface area contributed by atoms with Gasteiger partial charge in [0.2, 0.25) is 5.91 Å². The first-order valence-corrected chi connectivity index (χ1v) is 9.16. The van der Waals surface area contributed by atoms with E-state index in [1.807, 2.05) is 0 Å². The Kier molecular flexibility index (Phi) is 5.69. The van der Waals surface area contributed by atoms with Crippen LogP contribution in [-0.2, 0) is 21.2 Å². The third-order valence-electron chi connectivity index (χ3n) is 3.71. The Hall–Kier alpha value is -2.43. The summed E-state index contributed by atoms with van der Waals surface area (Å²) in [6.45, 7) is -2.18. The third-order valence-corrected chi connectivity index (χ3v) is 5.18. The molecule has 1 aromatic carbocycles. The summed E-state index contributed by atoms with van der Waals surface area (Å²) in [6.07, 6.45) is -3.85. The number of nitro groups is 1. The van der Waals surface area contributed by atoms with Crippen molar-refractivity contribution in [1.29, 1.82) is 0 Å². The monoisotopic (exact) mass is 392 g/mol. The quantitative estimate of drug-likeness (QED) is 0.547. The molecule has 7 nitrogen and oxygen atoms in total. The van der Waals surface area contributed by atoms with Gasteiger partial charge in [-0.05, 0) is 0 Å². The van der Waals surface area contributed by atoms with Crippen LogP contribution in [0.25, 0.3) is 0 Å². The van der Waals surface area contributed by atoms with Crippen molar-refractivity contribution in [3.8, 4) is 0 Å². The van der Waals surface area contributed by atoms with Crippen LogP contribution in [0.2, 0.25) is 0 Å². The number of para-hydroxylation sites is 1. The molecule has 1 atom stereocenters. The number of amides is 1. The van der Waals surface area contributed by atoms with E-state index >= 15 is 0 Å². The van der Waals surface area contributed by atoms with Crippen LogP contribution < -0.4 is 0 Å². The first kappa shape index (κ1) is 19.9. The van der Waals surface area contributed by atoms with Gasteiger partial charge in [-0.3, -0.25) is 14.9 Å². The van der Waals surface area contributed by atoms with Crippen molar-refractivity contribution in [2.45, 2.75) is 19.1 Å². The van der Waals surface area contributed by atoms with Gasteiger partial charge in [0.1, 0.15) is 6.54 Å². The van der Waals surface area contributed by atoms with E-state index < -0.39 is 58.0 Å². The number of allylic oxidation sites excluding steroid dienone is 1. The van der Waals surface area contributed by atoms with Crippen LogP contribution in [0.15, 0.2) is 35.7 Å². The van der Waals surface area contributed by atoms with Crippen molar-refractivity contribution in [2.24, 2.45) is 5.92 Å². The lowest BCUT2D eigenvalue weighted by atomic mass is 10.1. The molecule has 1 aliphatic heterocycles. The molecule has 142 valence electrons. The third kappa shape index (κ3) is 5.55. The highest BCUT2D eigenvalue weighted by molar-refractivity contribution is 7.94. The maximum atomic E-state index is 12.8. The van der Waals surface area contributed by atoms with Crippen LogP contribution in [0.4, 0.5) is 18.9 Å². The Balaban J connectivity index is 2.20. The molecule has 0 aromatic heterocycles. The molecule has 0 aliphatic carbocycles. The Bertz CT molecular complexity index is 836. The van der Waals surface area contributed by atoms with Crippen molar-refractivity contribution in [3.63, 3.8) is 0 Å². The number of carbonyl (C=O) groups excluding carboxylic acids is 1. The summed E-state index contributed by atoms with van der Waals surface area (Å²) >= 11 is 0. The number of hydrogen-bond donors (Lipinski definition) is 0. The molecule has 26 heavy (non-hydrogen) atoms. The summed E-state index contributed by atoms with van der Waals surface area (Å²) in [5, 5.41) is 11.9. The molecule has 1 amide bonds. The number of halogens is 3. The molecule has 1 aliphatic rings. The lowest BCUT2D eigenvalue weighted by Gasteiger charge is -2.25. The number of alkyl halides is 3. The van der Waals surface area contributed by atoms with Crippen LogP contribution in [-0.4, -0.2) is 42.6 Å². The Morgan fingerprint density at radius 1 is 1.31 bits per heavy atom. The first-order chi connectivity index (χ1) is 12.0. The summed E-state index contributed by atoms with van der Waals surface area (Å²) in [4.78, 5) is 23.0. The van der Waals surface area contributed by atoms with Gasteiger partial charge in [-0.15, -0.1) is 0 Å². The zero-order valence-corrected chi connectivity index (χ0v) is 14.2. The SMILES string of the molecule is O=C(C[C@@H]1C=CS(=O)(=O)C1)N(Cc1ccccc1[N+](=O)[O-])CC(F)(F)F. The number of hydrogen-bond acceptors (Lipinski definition) is 5. The van der Waals surface area contributed by atoms with E-state index in [1.165, 1.54) is 24.3 Å². The summed E-state index contributed by atoms with van der Waals surface area (Å²) in [5.41, 5.74) is -0.430. The lowest BCUT2D eigenvalue weighted by molar-refractivity contribution is -0.385. The van der Waals surface area contributed by atoms with Crippen LogP contribution in [0.3, 0.4) is 0 Å². The summed E-state index contributed by atoms with van der Waals surface area (Å²) in [5.74, 6) is -1.98. The molecule has 1 heterocycles. The molecule has 0 spiro atoms. The van der Waals surface area contributed by atoms with Gasteiger partial charge in [0.15, 0.2) is 9.84 Å². The standard InChI is InChI=1S/C15H15F3N2O5S/c16-15(17,18)10-19(8-12-3-1-2-4-13(12)20(22)23)14(21)7-11-5-6-26(24,25)9-11/h1-6,11H,7-10H2/t11-/m0/s1. The zero-order chi connectivity index (χ0) is 19.5. The van der Waals surface area contributed by atoms with Gasteiger partial charge in [0.05, 0.1) is 17.2 Å². The van der Waals surface area contributed by atoms with Crippen molar-refractivity contribution < 1.29 is 31.3 Å². The molecular formula is C15H15F3N2O5S. The Morgan fingerprint density at radius 2 is 1.96 bits per heavy atom. The van der Waals surface area contributed by atoms with E-state index in [0.29, 0.717) is 4.90 Å². The molecule has 1 aromatic rings. The second kappa shape index (κ2) is 7.44. The second-order valence-electron chi connectivity index (χ2n) is 5.87. The van der Waals surface area contributed by atoms with E-state index in [2.05, 4.69) is 0 Å². The molecule has 11 heteroatoms. The largest absolute Gasteiger partial charge is 0.406 e. The van der Waals surface area contributed by atoms with Gasteiger partial charge in [-0.25, -0.2) is 8.42 Å². The van der Waals surface area contributed by atoms with Gasteiger partial charge < -0.3 is 4.90 Å². The van der Waals surface area contributed by atoms with Gasteiger partial charge in [-0.1, -0.05) is 24.3 Å². The molecule has 2 rings (SSSR count). The highest BCUT2D eigenvalue weighted by atomic mass is 32.2. The van der Waals surface area contributed by atoms with Gasteiger partial charge in [-0.2, -0.15) is 13.2 Å². The number of benzene rings is 1. The molecule has 0 unspecified atom stereocenters. The van der Waals surface area contributed by atoms with Crippen LogP contribution in [0.5, 0.6) is 0 Å². The fourth-order valence-electron chi connectivity index (χ4n) is 2.60. The highest BCUT2D eigenvalue weighted by Crippen LogP contribution is 2.25. The van der Waals surface area contributed by atoms with Crippen LogP contribution in [0, 0.1) is 16.0 Å². The molecule has 0 bridgehead atoms. The predicted octanol–water partition coefficient (Wildman–Crippen LogP) is 2.43. The molecular weight excluding hydrogens is 377 g/mol. The van der Waals surface area contributed by atoms with Gasteiger partial charge >= 0.3 is 6.18 Å². The van der Waals surface area contributed by atoms with Crippen molar-refractivity contribution >= 4 is 21.4 Å². The van der Waals surface area contributed by atoms with E-state index in [9.17, 15) is 36.5 Å². The summed E-state index contributed by atoms with van der Waals surface area (Å²) < 4.78 is 61.2. The number of sulfone groups is 1. The number of carbonyl (C=O) groups is 1. The van der Waals surface area contributed by atoms with Gasteiger partial charge in [0.25, 0.3) is 5.69 Å². The van der Waals surface area contributed by atoms with Crippen molar-refractivity contribution in [1.82, 2.24) is 4.90 Å². The maximum Gasteiger partial charge on any atom is 0.406 e. The number of nitrogens with zero attached hydrogens (tertiary/aromatic N) is 2. The Morgan fingerprint density at radius 3 is 2.50 bits per heavy atom. The highest BCUT2D eigenvalue weighted by Gasteiger charge is 2.35. The van der Waals surface area contributed by atoms with E-state index in [4.69, 9.17) is 0 Å². The van der Waals surface area contributed by atoms with Crippen molar-refractivity contribution in [2.75, 3.05) is 12.3 Å². The fraction of sp³-hybridized carbons (Fsp3) is 0.400. The first-order valence-electron chi connectivity index (χ1n) is 7.44. The van der Waals surface area contributed by atoms with Crippen molar-refractivity contribution in [3.05, 3.63) is 51.4 Å². The van der Waals surface area contributed by atoms with Crippen LogP contribution in [0.1, 0.15) is 12.0 Å². The average Bonchev–Trinajstić information content (AvgIpc) is 2.84. The predicted molar refractivity (Wildman–Crippen MR) is 85.6 cm³/mol. The zero-order valence-electron chi connectivity index (χ0n) is 13.3. The number of nitro benzene ring substituents is 1. The van der Waals surface area contributed by atoms with E-state index in [1.54, 1.807) is 0 Å². The smallest absolute Gasteiger partial charge is 0.329 e. The molecule has 0 fully saturated rings. The minimum Gasteiger partial charge on any atom is -0.329 e. The lowest BCUT2D eigenvalue weighted by Crippen LogP contribution is -2.39. The average molecular weight is 392 g/mol. The topological polar surface area (TPSA) is 97.6 Å². The Labute approximate surface area is 147 Å². The molecule has 0 saturated heterocycles. The molecule has 0 radical (unpaired) electrons. The fourth-order valence-corrected chi connectivity index (χ4v) is 4.00. The van der Waals surface area contributed by atoms with E-state index in [-0.39, 0.29) is 11.3 Å².